The molecule has 2 aromatic rings. The molecule has 0 amide bonds. The fourth-order valence-electron chi connectivity index (χ4n) is 1.24. The van der Waals surface area contributed by atoms with Crippen molar-refractivity contribution in [2.45, 2.75) is 0 Å². The normalized spacial score (nSPS) is 10.4. The van der Waals surface area contributed by atoms with Crippen LogP contribution in [0.4, 0.5) is 0 Å². The van der Waals surface area contributed by atoms with Gasteiger partial charge in [0, 0.05) is 19.3 Å². The third kappa shape index (κ3) is 1.51. The number of aromatic amines is 2. The van der Waals surface area contributed by atoms with Crippen LogP contribution in [0.25, 0.3) is 11.4 Å². The van der Waals surface area contributed by atoms with Crippen molar-refractivity contribution < 1.29 is 0 Å². The van der Waals surface area contributed by atoms with E-state index in [1.54, 1.807) is 24.0 Å². The van der Waals surface area contributed by atoms with E-state index in [1.807, 2.05) is 0 Å². The Balaban J connectivity index is 2.69. The Morgan fingerprint density at radius 3 is 2.86 bits per heavy atom. The molecule has 14 heavy (non-hydrogen) atoms. The molecule has 0 unspecified atom stereocenters. The number of aromatic nitrogens is 4. The molecule has 0 aliphatic rings. The number of rotatable bonds is 1. The van der Waals surface area contributed by atoms with Crippen molar-refractivity contribution >= 4 is 12.2 Å². The molecule has 0 aromatic carbocycles. The summed E-state index contributed by atoms with van der Waals surface area (Å²) in [5, 5.41) is 4.00. The highest BCUT2D eigenvalue weighted by molar-refractivity contribution is 7.71. The van der Waals surface area contributed by atoms with Crippen molar-refractivity contribution in [3.8, 4) is 11.4 Å². The van der Waals surface area contributed by atoms with E-state index in [9.17, 15) is 4.79 Å². The van der Waals surface area contributed by atoms with Crippen molar-refractivity contribution in [2.75, 3.05) is 0 Å². The van der Waals surface area contributed by atoms with Crippen molar-refractivity contribution in [3.05, 3.63) is 33.5 Å². The van der Waals surface area contributed by atoms with Gasteiger partial charge in [-0.25, -0.2) is 0 Å². The van der Waals surface area contributed by atoms with E-state index < -0.39 is 0 Å². The maximum Gasteiger partial charge on any atom is 0.252 e. The Morgan fingerprint density at radius 1 is 1.50 bits per heavy atom. The molecule has 6 heteroatoms. The van der Waals surface area contributed by atoms with E-state index in [0.29, 0.717) is 10.5 Å². The highest BCUT2D eigenvalue weighted by Gasteiger charge is 2.02. The van der Waals surface area contributed by atoms with Gasteiger partial charge in [0.05, 0.1) is 11.4 Å². The van der Waals surface area contributed by atoms with Crippen LogP contribution in [0.1, 0.15) is 0 Å². The summed E-state index contributed by atoms with van der Waals surface area (Å²) in [7, 11) is 1.80. The fourth-order valence-corrected chi connectivity index (χ4v) is 1.46. The Hall–Kier alpha value is -1.69. The fraction of sp³-hybridized carbons (Fsp3) is 0.125. The van der Waals surface area contributed by atoms with Gasteiger partial charge in [0.1, 0.15) is 0 Å². The monoisotopic (exact) mass is 208 g/mol. The van der Waals surface area contributed by atoms with Crippen LogP contribution < -0.4 is 5.56 Å². The predicted octanol–water partition coefficient (Wildman–Crippen LogP) is 0.833. The Bertz CT molecular complexity index is 537. The molecular weight excluding hydrogens is 200 g/mol. The molecule has 2 heterocycles. The van der Waals surface area contributed by atoms with Crippen molar-refractivity contribution in [1.82, 2.24) is 19.7 Å². The van der Waals surface area contributed by atoms with E-state index in [-0.39, 0.29) is 5.56 Å². The molecular formula is C8H8N4OS. The Labute approximate surface area is 84.4 Å². The largest absolute Gasteiger partial charge is 0.330 e. The quantitative estimate of drug-likeness (QED) is 0.682. The lowest BCUT2D eigenvalue weighted by Crippen LogP contribution is -2.07. The molecule has 2 N–H and O–H groups in total. The van der Waals surface area contributed by atoms with Crippen LogP contribution in [0.15, 0.2) is 23.1 Å². The van der Waals surface area contributed by atoms with Crippen LogP contribution in [0.5, 0.6) is 0 Å². The lowest BCUT2D eigenvalue weighted by atomic mass is 10.3. The first-order chi connectivity index (χ1) is 6.66. The molecule has 0 saturated heterocycles. The van der Waals surface area contributed by atoms with Crippen molar-refractivity contribution in [3.63, 3.8) is 0 Å². The summed E-state index contributed by atoms with van der Waals surface area (Å²) in [6.45, 7) is 0. The van der Waals surface area contributed by atoms with E-state index in [0.717, 1.165) is 5.69 Å². The van der Waals surface area contributed by atoms with Crippen molar-refractivity contribution in [1.29, 1.82) is 0 Å². The van der Waals surface area contributed by atoms with E-state index in [1.165, 1.54) is 6.07 Å². The van der Waals surface area contributed by atoms with E-state index in [4.69, 9.17) is 12.2 Å². The van der Waals surface area contributed by atoms with Gasteiger partial charge in [-0.1, -0.05) is 0 Å². The van der Waals surface area contributed by atoms with E-state index >= 15 is 0 Å². The second-order valence-electron chi connectivity index (χ2n) is 2.84. The van der Waals surface area contributed by atoms with E-state index in [2.05, 4.69) is 15.1 Å². The lowest BCUT2D eigenvalue weighted by Gasteiger charge is -2.00. The maximum atomic E-state index is 11.1. The number of nitrogens with zero attached hydrogens (tertiary/aromatic N) is 2. The SMILES string of the molecule is Cn1nccc1-c1cc(=O)[nH]c(=S)[nH]1. The van der Waals surface area contributed by atoms with Crippen LogP contribution in [0.3, 0.4) is 0 Å². The minimum absolute atomic E-state index is 0.218. The minimum Gasteiger partial charge on any atom is -0.330 e. The molecule has 2 rings (SSSR count). The van der Waals surface area contributed by atoms with Gasteiger partial charge in [-0.3, -0.25) is 14.5 Å². The van der Waals surface area contributed by atoms with Gasteiger partial charge in [0.25, 0.3) is 5.56 Å². The van der Waals surface area contributed by atoms with Gasteiger partial charge in [-0.15, -0.1) is 0 Å². The van der Waals surface area contributed by atoms with Gasteiger partial charge >= 0.3 is 0 Å². The molecule has 0 saturated carbocycles. The zero-order valence-electron chi connectivity index (χ0n) is 7.44. The van der Waals surface area contributed by atoms with Crippen LogP contribution in [0.2, 0.25) is 0 Å². The zero-order valence-corrected chi connectivity index (χ0v) is 8.26. The molecule has 5 nitrogen and oxygen atoms in total. The maximum absolute atomic E-state index is 11.1. The van der Waals surface area contributed by atoms with Gasteiger partial charge in [0.15, 0.2) is 4.77 Å². The third-order valence-electron chi connectivity index (χ3n) is 1.86. The van der Waals surface area contributed by atoms with Crippen molar-refractivity contribution in [2.24, 2.45) is 7.05 Å². The van der Waals surface area contributed by atoms with Crippen LogP contribution >= 0.6 is 12.2 Å². The first-order valence-electron chi connectivity index (χ1n) is 3.99. The molecule has 0 bridgehead atoms. The topological polar surface area (TPSA) is 66.5 Å². The summed E-state index contributed by atoms with van der Waals surface area (Å²) < 4.78 is 1.98. The zero-order chi connectivity index (χ0) is 10.1. The standard InChI is InChI=1S/C8H8N4OS/c1-12-6(2-3-9-12)5-4-7(13)11-8(14)10-5/h2-4H,1H3,(H2,10,11,13,14). The smallest absolute Gasteiger partial charge is 0.252 e. The Kier molecular flexibility index (Phi) is 2.05. The summed E-state index contributed by atoms with van der Waals surface area (Å²) in [5.41, 5.74) is 1.27. The minimum atomic E-state index is -0.218. The summed E-state index contributed by atoms with van der Waals surface area (Å²) in [4.78, 5) is 16.5. The van der Waals surface area contributed by atoms with Crippen LogP contribution in [0, 0.1) is 4.77 Å². The average Bonchev–Trinajstić information content (AvgIpc) is 2.49. The third-order valence-corrected chi connectivity index (χ3v) is 2.06. The molecule has 72 valence electrons. The second kappa shape index (κ2) is 3.22. The van der Waals surface area contributed by atoms with Crippen LogP contribution in [-0.4, -0.2) is 19.7 Å². The van der Waals surface area contributed by atoms with Gasteiger partial charge in [0.2, 0.25) is 0 Å². The van der Waals surface area contributed by atoms with Gasteiger partial charge < -0.3 is 4.98 Å². The first-order valence-corrected chi connectivity index (χ1v) is 4.39. The first kappa shape index (κ1) is 8.89. The summed E-state index contributed by atoms with van der Waals surface area (Å²) in [5.74, 6) is 0. The molecule has 0 aliphatic heterocycles. The second-order valence-corrected chi connectivity index (χ2v) is 3.25. The highest BCUT2D eigenvalue weighted by atomic mass is 32.1. The van der Waals surface area contributed by atoms with Gasteiger partial charge in [-0.05, 0) is 18.3 Å². The lowest BCUT2D eigenvalue weighted by molar-refractivity contribution is 0.772. The average molecular weight is 208 g/mol. The predicted molar refractivity (Wildman–Crippen MR) is 54.4 cm³/mol. The molecule has 0 aliphatic carbocycles. The molecule has 0 fully saturated rings. The summed E-state index contributed by atoms with van der Waals surface area (Å²) >= 11 is 4.86. The van der Waals surface area contributed by atoms with Crippen LogP contribution in [-0.2, 0) is 7.05 Å². The number of nitrogens with one attached hydrogen (secondary N) is 2. The molecule has 0 radical (unpaired) electrons. The summed E-state index contributed by atoms with van der Waals surface area (Å²) in [6.07, 6.45) is 1.66. The molecule has 0 spiro atoms. The van der Waals surface area contributed by atoms with Gasteiger partial charge in [-0.2, -0.15) is 5.10 Å². The molecule has 2 aromatic heterocycles. The number of hydrogen-bond acceptors (Lipinski definition) is 3. The summed E-state index contributed by atoms with van der Waals surface area (Å²) in [6, 6.07) is 3.26. The number of aryl methyl sites for hydroxylation is 1. The number of H-pyrrole nitrogens is 2. The highest BCUT2D eigenvalue weighted by Crippen LogP contribution is 2.11. The Morgan fingerprint density at radius 2 is 2.29 bits per heavy atom. The number of hydrogen-bond donors (Lipinski definition) is 2. The molecule has 0 atom stereocenters.